The molecule has 0 aliphatic carbocycles. The monoisotopic (exact) mass is 241 g/mol. The van der Waals surface area contributed by atoms with Gasteiger partial charge in [0.1, 0.15) is 5.78 Å². The van der Waals surface area contributed by atoms with E-state index in [-0.39, 0.29) is 18.2 Å². The van der Waals surface area contributed by atoms with Crippen LogP contribution < -0.4 is 5.32 Å². The number of hydrogen-bond donors (Lipinski definition) is 1. The van der Waals surface area contributed by atoms with Gasteiger partial charge in [-0.1, -0.05) is 45.9 Å². The summed E-state index contributed by atoms with van der Waals surface area (Å²) in [6, 6.07) is 0. The van der Waals surface area contributed by atoms with Crippen molar-refractivity contribution in [3.05, 3.63) is 23.8 Å². The normalized spacial score (nSPS) is 9.71. The van der Waals surface area contributed by atoms with E-state index < -0.39 is 0 Å². The molecule has 0 unspecified atom stereocenters. The molecular formula is C14H27NO2. The SMILES string of the molecule is C/C=C\C(=C/C)C(=O)NCC(C)=O.CC.CC. The van der Waals surface area contributed by atoms with E-state index in [0.29, 0.717) is 5.57 Å². The summed E-state index contributed by atoms with van der Waals surface area (Å²) in [5.41, 5.74) is 0.573. The molecule has 17 heavy (non-hydrogen) atoms. The lowest BCUT2D eigenvalue weighted by Gasteiger charge is -2.02. The fraction of sp³-hybridized carbons (Fsp3) is 0.571. The maximum atomic E-state index is 11.3. The van der Waals surface area contributed by atoms with Gasteiger partial charge >= 0.3 is 0 Å². The molecule has 1 amide bonds. The number of carbonyl (C=O) groups is 2. The van der Waals surface area contributed by atoms with Crippen molar-refractivity contribution < 1.29 is 9.59 Å². The molecule has 0 aliphatic heterocycles. The van der Waals surface area contributed by atoms with E-state index in [9.17, 15) is 9.59 Å². The van der Waals surface area contributed by atoms with Crippen molar-refractivity contribution in [1.29, 1.82) is 0 Å². The van der Waals surface area contributed by atoms with Gasteiger partial charge in [0.05, 0.1) is 6.54 Å². The molecule has 0 aliphatic rings. The maximum absolute atomic E-state index is 11.3. The second kappa shape index (κ2) is 17.0. The predicted octanol–water partition coefficient (Wildman–Crippen LogP) is 3.27. The average Bonchev–Trinajstić information content (AvgIpc) is 2.37. The lowest BCUT2D eigenvalue weighted by molar-refractivity contribution is -0.121. The molecule has 0 saturated carbocycles. The first-order valence-electron chi connectivity index (χ1n) is 6.18. The van der Waals surface area contributed by atoms with Gasteiger partial charge in [0.15, 0.2) is 0 Å². The van der Waals surface area contributed by atoms with Crippen LogP contribution in [0.2, 0.25) is 0 Å². The van der Waals surface area contributed by atoms with Crippen molar-refractivity contribution in [2.45, 2.75) is 48.5 Å². The van der Waals surface area contributed by atoms with E-state index in [1.165, 1.54) is 6.92 Å². The molecule has 3 heteroatoms. The molecule has 0 atom stereocenters. The Morgan fingerprint density at radius 2 is 1.53 bits per heavy atom. The zero-order chi connectivity index (χ0) is 14.3. The fourth-order valence-electron chi connectivity index (χ4n) is 0.789. The molecule has 0 aromatic carbocycles. The van der Waals surface area contributed by atoms with Crippen LogP contribution in [0.25, 0.3) is 0 Å². The van der Waals surface area contributed by atoms with Crippen LogP contribution in [0.4, 0.5) is 0 Å². The van der Waals surface area contributed by atoms with Crippen molar-refractivity contribution in [3.8, 4) is 0 Å². The number of rotatable bonds is 4. The predicted molar refractivity (Wildman–Crippen MR) is 75.0 cm³/mol. The molecule has 0 aromatic rings. The van der Waals surface area contributed by atoms with Gasteiger partial charge in [0.25, 0.3) is 5.91 Å². The molecule has 0 fully saturated rings. The highest BCUT2D eigenvalue weighted by atomic mass is 16.2. The highest BCUT2D eigenvalue weighted by molar-refractivity contribution is 5.97. The number of carbonyl (C=O) groups excluding carboxylic acids is 2. The van der Waals surface area contributed by atoms with Crippen LogP contribution in [-0.2, 0) is 9.59 Å². The van der Waals surface area contributed by atoms with Gasteiger partial charge in [-0.05, 0) is 20.8 Å². The van der Waals surface area contributed by atoms with Gasteiger partial charge in [-0.2, -0.15) is 0 Å². The third-order valence-corrected chi connectivity index (χ3v) is 1.42. The summed E-state index contributed by atoms with van der Waals surface area (Å²) in [4.78, 5) is 21.9. The third kappa shape index (κ3) is 14.6. The van der Waals surface area contributed by atoms with Crippen LogP contribution >= 0.6 is 0 Å². The molecule has 3 nitrogen and oxygen atoms in total. The van der Waals surface area contributed by atoms with E-state index in [1.54, 1.807) is 25.2 Å². The molecule has 0 heterocycles. The van der Waals surface area contributed by atoms with Crippen LogP contribution in [0.1, 0.15) is 48.5 Å². The Morgan fingerprint density at radius 1 is 1.06 bits per heavy atom. The van der Waals surface area contributed by atoms with Crippen LogP contribution in [0.3, 0.4) is 0 Å². The number of nitrogens with one attached hydrogen (secondary N) is 1. The van der Waals surface area contributed by atoms with Crippen molar-refractivity contribution >= 4 is 11.7 Å². The molecule has 100 valence electrons. The summed E-state index contributed by atoms with van der Waals surface area (Å²) in [5, 5.41) is 2.51. The van der Waals surface area contributed by atoms with Gasteiger partial charge in [-0.3, -0.25) is 9.59 Å². The van der Waals surface area contributed by atoms with Crippen LogP contribution in [0, 0.1) is 0 Å². The van der Waals surface area contributed by atoms with Crippen molar-refractivity contribution in [2.24, 2.45) is 0 Å². The molecule has 0 rings (SSSR count). The first-order valence-corrected chi connectivity index (χ1v) is 6.18. The van der Waals surface area contributed by atoms with Gasteiger partial charge in [0, 0.05) is 5.57 Å². The molecule has 0 aromatic heterocycles. The van der Waals surface area contributed by atoms with Crippen LogP contribution in [0.15, 0.2) is 23.8 Å². The lowest BCUT2D eigenvalue weighted by Crippen LogP contribution is -2.28. The second-order valence-corrected chi connectivity index (χ2v) is 2.63. The van der Waals surface area contributed by atoms with E-state index in [1.807, 2.05) is 34.6 Å². The largest absolute Gasteiger partial charge is 0.345 e. The maximum Gasteiger partial charge on any atom is 0.251 e. The first kappa shape index (κ1) is 21.0. The third-order valence-electron chi connectivity index (χ3n) is 1.42. The number of Topliss-reactive ketones (excluding diaryl/α,β-unsaturated/α-hetero) is 1. The number of ketones is 1. The molecule has 0 saturated heterocycles. The first-order chi connectivity index (χ1) is 8.11. The molecular weight excluding hydrogens is 214 g/mol. The van der Waals surface area contributed by atoms with Gasteiger partial charge in [0.2, 0.25) is 0 Å². The van der Waals surface area contributed by atoms with E-state index in [4.69, 9.17) is 0 Å². The average molecular weight is 241 g/mol. The lowest BCUT2D eigenvalue weighted by atomic mass is 10.2. The van der Waals surface area contributed by atoms with E-state index in [0.717, 1.165) is 0 Å². The second-order valence-electron chi connectivity index (χ2n) is 2.63. The summed E-state index contributed by atoms with van der Waals surface area (Å²) in [7, 11) is 0. The zero-order valence-electron chi connectivity index (χ0n) is 12.3. The van der Waals surface area contributed by atoms with Crippen LogP contribution in [0.5, 0.6) is 0 Å². The highest BCUT2D eigenvalue weighted by Gasteiger charge is 2.04. The Morgan fingerprint density at radius 3 is 1.82 bits per heavy atom. The van der Waals surface area contributed by atoms with Crippen molar-refractivity contribution in [3.63, 3.8) is 0 Å². The van der Waals surface area contributed by atoms with Crippen molar-refractivity contribution in [2.75, 3.05) is 6.54 Å². The van der Waals surface area contributed by atoms with E-state index in [2.05, 4.69) is 5.32 Å². The fourth-order valence-corrected chi connectivity index (χ4v) is 0.789. The smallest absolute Gasteiger partial charge is 0.251 e. The Balaban J connectivity index is -0.000000439. The Bertz CT molecular complexity index is 253. The zero-order valence-corrected chi connectivity index (χ0v) is 12.3. The Hall–Kier alpha value is -1.38. The van der Waals surface area contributed by atoms with Crippen LogP contribution in [-0.4, -0.2) is 18.2 Å². The summed E-state index contributed by atoms with van der Waals surface area (Å²) < 4.78 is 0. The minimum Gasteiger partial charge on any atom is -0.345 e. The summed E-state index contributed by atoms with van der Waals surface area (Å²) >= 11 is 0. The minimum atomic E-state index is -0.212. The quantitative estimate of drug-likeness (QED) is 0.606. The van der Waals surface area contributed by atoms with Crippen molar-refractivity contribution in [1.82, 2.24) is 5.32 Å². The Kier molecular flexibility index (Phi) is 21.0. The number of amides is 1. The van der Waals surface area contributed by atoms with Gasteiger partial charge in [-0.25, -0.2) is 0 Å². The summed E-state index contributed by atoms with van der Waals surface area (Å²) in [5.74, 6) is -0.264. The molecule has 0 bridgehead atoms. The number of allylic oxidation sites excluding steroid dienone is 2. The molecule has 1 N–H and O–H groups in total. The molecule has 0 spiro atoms. The number of hydrogen-bond acceptors (Lipinski definition) is 2. The minimum absolute atomic E-state index is 0.0516. The summed E-state index contributed by atoms with van der Waals surface area (Å²) in [6.45, 7) is 13.1. The topological polar surface area (TPSA) is 46.2 Å². The standard InChI is InChI=1S/C10H15NO2.2C2H6/c1-4-6-9(5-2)10(13)11-7-8(3)12;2*1-2/h4-6H,7H2,1-3H3,(H,11,13);2*1-2H3/b6-4-,9-5+;;. The summed E-state index contributed by atoms with van der Waals surface area (Å²) in [6.07, 6.45) is 5.19. The van der Waals surface area contributed by atoms with E-state index >= 15 is 0 Å². The Labute approximate surface area is 106 Å². The van der Waals surface area contributed by atoms with Gasteiger partial charge < -0.3 is 5.32 Å². The highest BCUT2D eigenvalue weighted by Crippen LogP contribution is 1.96. The van der Waals surface area contributed by atoms with Gasteiger partial charge in [-0.15, -0.1) is 0 Å². The molecule has 0 radical (unpaired) electrons.